The molecule has 1 aliphatic rings. The Bertz CT molecular complexity index is 4060. The molecule has 1 aliphatic carbocycles. The average Bonchev–Trinajstić information content (AvgIpc) is 3.98. The predicted molar refractivity (Wildman–Crippen MR) is 271 cm³/mol. The van der Waals surface area contributed by atoms with Crippen molar-refractivity contribution in [1.82, 2.24) is 0 Å². The van der Waals surface area contributed by atoms with Crippen molar-refractivity contribution in [3.05, 3.63) is 205 Å². The van der Waals surface area contributed by atoms with Crippen LogP contribution >= 0.6 is 11.3 Å². The third-order valence-electron chi connectivity index (χ3n) is 14.2. The predicted octanol–water partition coefficient (Wildman–Crippen LogP) is 17.9. The highest BCUT2D eigenvalue weighted by atomic mass is 32.1. The molecule has 14 rings (SSSR count). The number of para-hydroxylation sites is 1. The highest BCUT2D eigenvalue weighted by molar-refractivity contribution is 7.27. The first-order chi connectivity index (χ1) is 31.0. The highest BCUT2D eigenvalue weighted by Crippen LogP contribution is 2.54. The van der Waals surface area contributed by atoms with Crippen LogP contribution in [0.25, 0.3) is 130 Å². The van der Waals surface area contributed by atoms with E-state index in [1.165, 1.54) is 130 Å². The molecular weight excluding hydrogens is 781 g/mol. The first-order valence-corrected chi connectivity index (χ1v) is 22.7. The minimum Gasteiger partial charge on any atom is -0.456 e. The molecule has 0 saturated carbocycles. The lowest BCUT2D eigenvalue weighted by Crippen LogP contribution is -2.15. The molecule has 0 fully saturated rings. The maximum atomic E-state index is 6.38. The zero-order chi connectivity index (χ0) is 41.6. The zero-order valence-corrected chi connectivity index (χ0v) is 35.6. The average molecular weight is 819 g/mol. The van der Waals surface area contributed by atoms with Gasteiger partial charge in [0.2, 0.25) is 0 Å². The van der Waals surface area contributed by atoms with Gasteiger partial charge in [0.1, 0.15) is 11.2 Å². The van der Waals surface area contributed by atoms with E-state index in [0.717, 1.165) is 11.2 Å². The van der Waals surface area contributed by atoms with Crippen LogP contribution in [0.2, 0.25) is 0 Å². The molecule has 2 aromatic heterocycles. The van der Waals surface area contributed by atoms with Crippen LogP contribution in [0.5, 0.6) is 0 Å². The number of hydrogen-bond acceptors (Lipinski definition) is 2. The molecule has 0 radical (unpaired) electrons. The number of thiophene rings is 1. The summed E-state index contributed by atoms with van der Waals surface area (Å²) in [6, 6.07) is 72.3. The van der Waals surface area contributed by atoms with Crippen molar-refractivity contribution < 1.29 is 4.42 Å². The molecule has 0 aliphatic heterocycles. The van der Waals surface area contributed by atoms with Gasteiger partial charge < -0.3 is 4.42 Å². The van der Waals surface area contributed by atoms with Gasteiger partial charge in [-0.3, -0.25) is 0 Å². The van der Waals surface area contributed by atoms with Crippen molar-refractivity contribution >= 4 is 96.5 Å². The van der Waals surface area contributed by atoms with Crippen LogP contribution in [0.1, 0.15) is 25.0 Å². The molecule has 13 aromatic rings. The lowest BCUT2D eigenvalue weighted by atomic mass is 9.80. The smallest absolute Gasteiger partial charge is 0.136 e. The molecule has 0 saturated heterocycles. The van der Waals surface area contributed by atoms with E-state index in [1.807, 2.05) is 11.3 Å². The number of rotatable bonds is 3. The van der Waals surface area contributed by atoms with E-state index in [2.05, 4.69) is 208 Å². The second kappa shape index (κ2) is 12.8. The first-order valence-electron chi connectivity index (χ1n) is 21.9. The molecule has 11 aromatic carbocycles. The van der Waals surface area contributed by atoms with E-state index >= 15 is 0 Å². The fourth-order valence-electron chi connectivity index (χ4n) is 11.4. The van der Waals surface area contributed by atoms with Gasteiger partial charge in [0.25, 0.3) is 0 Å². The summed E-state index contributed by atoms with van der Waals surface area (Å²) >= 11 is 1.91. The normalized spacial score (nSPS) is 13.4. The summed E-state index contributed by atoms with van der Waals surface area (Å²) in [6.45, 7) is 4.81. The summed E-state index contributed by atoms with van der Waals surface area (Å²) in [5.41, 5.74) is 14.7. The highest BCUT2D eigenvalue weighted by Gasteiger charge is 2.36. The molecule has 0 N–H and O–H groups in total. The second-order valence-electron chi connectivity index (χ2n) is 17.9. The molecule has 2 heterocycles. The van der Waals surface area contributed by atoms with Gasteiger partial charge in [0.15, 0.2) is 0 Å². The van der Waals surface area contributed by atoms with Crippen LogP contribution in [0, 0.1) is 0 Å². The van der Waals surface area contributed by atoms with E-state index in [0.29, 0.717) is 0 Å². The summed E-state index contributed by atoms with van der Waals surface area (Å²) in [5.74, 6) is 0. The standard InChI is InChI=1S/C61H38OS/c1-61(2)51-30-27-37(49-32-36-15-4-6-18-40(36)57-48-29-31-54-58(59(48)63-60(49)57)47-23-11-12-25-53(47)62-54)33-50(51)41-28-26-38(34-52(41)61)55-43-19-7-9-21-45(43)56(46-22-10-8-20-44(46)55)42-24-13-16-35-14-3-5-17-39(35)42/h3-34H,1-2H3. The van der Waals surface area contributed by atoms with Crippen molar-refractivity contribution in [2.45, 2.75) is 19.3 Å². The summed E-state index contributed by atoms with van der Waals surface area (Å²) in [4.78, 5) is 0. The third kappa shape index (κ3) is 4.82. The van der Waals surface area contributed by atoms with Crippen molar-refractivity contribution in [3.8, 4) is 44.5 Å². The van der Waals surface area contributed by atoms with Gasteiger partial charge in [-0.1, -0.05) is 172 Å². The molecule has 294 valence electrons. The lowest BCUT2D eigenvalue weighted by Gasteiger charge is -2.23. The van der Waals surface area contributed by atoms with Crippen molar-refractivity contribution in [1.29, 1.82) is 0 Å². The van der Waals surface area contributed by atoms with Gasteiger partial charge in [-0.05, 0) is 130 Å². The van der Waals surface area contributed by atoms with E-state index < -0.39 is 0 Å². The monoisotopic (exact) mass is 818 g/mol. The number of hydrogen-bond donors (Lipinski definition) is 0. The van der Waals surface area contributed by atoms with Gasteiger partial charge in [0, 0.05) is 41.9 Å². The van der Waals surface area contributed by atoms with E-state index in [9.17, 15) is 0 Å². The van der Waals surface area contributed by atoms with E-state index in [4.69, 9.17) is 4.42 Å². The van der Waals surface area contributed by atoms with Crippen LogP contribution in [0.4, 0.5) is 0 Å². The Kier molecular flexibility index (Phi) is 7.12. The summed E-state index contributed by atoms with van der Waals surface area (Å²) in [6.07, 6.45) is 0. The molecule has 1 nitrogen and oxygen atoms in total. The van der Waals surface area contributed by atoms with Gasteiger partial charge >= 0.3 is 0 Å². The van der Waals surface area contributed by atoms with E-state index in [-0.39, 0.29) is 5.41 Å². The second-order valence-corrected chi connectivity index (χ2v) is 18.9. The summed E-state index contributed by atoms with van der Waals surface area (Å²) in [7, 11) is 0. The van der Waals surface area contributed by atoms with E-state index in [1.54, 1.807) is 0 Å². The number of fused-ring (bicyclic) bond motifs is 15. The Balaban J connectivity index is 0.971. The fourth-order valence-corrected chi connectivity index (χ4v) is 12.8. The summed E-state index contributed by atoms with van der Waals surface area (Å²) in [5, 5.41) is 15.2. The molecule has 0 spiro atoms. The van der Waals surface area contributed by atoms with Crippen molar-refractivity contribution in [3.63, 3.8) is 0 Å². The Morgan fingerprint density at radius 1 is 0.349 bits per heavy atom. The molecule has 0 atom stereocenters. The minimum absolute atomic E-state index is 0.183. The molecular formula is C61H38OS. The minimum atomic E-state index is -0.183. The number of benzene rings is 11. The summed E-state index contributed by atoms with van der Waals surface area (Å²) < 4.78 is 8.99. The van der Waals surface area contributed by atoms with Crippen LogP contribution < -0.4 is 0 Å². The van der Waals surface area contributed by atoms with Gasteiger partial charge in [-0.2, -0.15) is 0 Å². The maximum Gasteiger partial charge on any atom is 0.136 e. The van der Waals surface area contributed by atoms with Crippen LogP contribution in [0.3, 0.4) is 0 Å². The zero-order valence-electron chi connectivity index (χ0n) is 34.8. The largest absolute Gasteiger partial charge is 0.456 e. The quantitative estimate of drug-likeness (QED) is 0.162. The van der Waals surface area contributed by atoms with Gasteiger partial charge in [-0.25, -0.2) is 0 Å². The van der Waals surface area contributed by atoms with Crippen molar-refractivity contribution in [2.24, 2.45) is 0 Å². The fraction of sp³-hybridized carbons (Fsp3) is 0.0492. The Hall–Kier alpha value is -7.52. The number of furan rings is 1. The van der Waals surface area contributed by atoms with Gasteiger partial charge in [0.05, 0.1) is 0 Å². The first kappa shape index (κ1) is 35.1. The van der Waals surface area contributed by atoms with Crippen LogP contribution in [-0.4, -0.2) is 0 Å². The Morgan fingerprint density at radius 3 is 1.76 bits per heavy atom. The van der Waals surface area contributed by atoms with Crippen LogP contribution in [-0.2, 0) is 5.41 Å². The molecule has 0 bridgehead atoms. The van der Waals surface area contributed by atoms with Crippen LogP contribution in [0.15, 0.2) is 199 Å². The lowest BCUT2D eigenvalue weighted by molar-refractivity contribution is 0.660. The SMILES string of the molecule is CC1(C)c2ccc(-c3cc4ccccc4c4c3sc3c4ccc4oc5ccccc5c43)cc2-c2ccc(-c3c4ccccc4c(-c4cccc5ccccc45)c4ccccc34)cc21. The Labute approximate surface area is 368 Å². The molecule has 63 heavy (non-hydrogen) atoms. The third-order valence-corrected chi connectivity index (χ3v) is 15.5. The van der Waals surface area contributed by atoms with Crippen molar-refractivity contribution in [2.75, 3.05) is 0 Å². The topological polar surface area (TPSA) is 13.1 Å². The Morgan fingerprint density at radius 2 is 0.984 bits per heavy atom. The molecule has 0 unspecified atom stereocenters. The maximum absolute atomic E-state index is 6.38. The molecule has 0 amide bonds. The molecule has 2 heteroatoms. The van der Waals surface area contributed by atoms with Gasteiger partial charge in [-0.15, -0.1) is 11.3 Å².